The number of nitrogens with zero attached hydrogens (tertiary/aromatic N) is 4. The third kappa shape index (κ3) is 3.32. The molecule has 0 N–H and O–H groups in total. The molecule has 0 aliphatic carbocycles. The first-order chi connectivity index (χ1) is 23.3. The quantitative estimate of drug-likeness (QED) is 0.198. The Kier molecular flexibility index (Phi) is 4.78. The summed E-state index contributed by atoms with van der Waals surface area (Å²) < 4.78 is 11.1. The van der Waals surface area contributed by atoms with Gasteiger partial charge < -0.3 is 9.30 Å². The molecule has 47 heavy (non-hydrogen) atoms. The third-order valence-corrected chi connectivity index (χ3v) is 9.68. The number of hydrogen-bond acceptors (Lipinski definition) is 3. The Bertz CT molecular complexity index is 2940. The summed E-state index contributed by atoms with van der Waals surface area (Å²) in [5, 5.41) is 7.93. The van der Waals surface area contributed by atoms with Crippen molar-refractivity contribution in [2.75, 3.05) is 0 Å². The van der Waals surface area contributed by atoms with Crippen LogP contribution in [0, 0.1) is 0 Å². The highest BCUT2D eigenvalue weighted by Crippen LogP contribution is 2.48. The van der Waals surface area contributed by atoms with Crippen LogP contribution in [-0.4, -0.2) is 19.1 Å². The van der Waals surface area contributed by atoms with Gasteiger partial charge in [-0.15, -0.1) is 0 Å². The van der Waals surface area contributed by atoms with Crippen LogP contribution in [0.25, 0.3) is 88.2 Å². The van der Waals surface area contributed by atoms with Gasteiger partial charge in [-0.1, -0.05) is 91.0 Å². The van der Waals surface area contributed by atoms with E-state index in [1.54, 1.807) is 0 Å². The number of fused-ring (bicyclic) bond motifs is 10. The molecule has 3 aromatic heterocycles. The Labute approximate surface area is 268 Å². The van der Waals surface area contributed by atoms with Crippen molar-refractivity contribution in [2.45, 2.75) is 0 Å². The van der Waals surface area contributed by atoms with Crippen LogP contribution in [-0.2, 0) is 0 Å². The normalized spacial score (nSPS) is 12.4. The average molecular weight is 601 g/mol. The first-order valence-electron chi connectivity index (χ1n) is 15.8. The molecule has 11 rings (SSSR count). The van der Waals surface area contributed by atoms with Crippen molar-refractivity contribution in [3.8, 4) is 34.4 Å². The van der Waals surface area contributed by atoms with Gasteiger partial charge in [-0.2, -0.15) is 0 Å². The fourth-order valence-electron chi connectivity index (χ4n) is 7.70. The molecule has 0 fully saturated rings. The van der Waals surface area contributed by atoms with Crippen LogP contribution in [0.5, 0.6) is 11.5 Å². The van der Waals surface area contributed by atoms with Crippen molar-refractivity contribution in [1.29, 1.82) is 0 Å². The van der Waals surface area contributed by atoms with Gasteiger partial charge in [-0.3, -0.25) is 4.57 Å². The number of para-hydroxylation sites is 3. The minimum absolute atomic E-state index is 0.640. The first-order valence-corrected chi connectivity index (χ1v) is 15.8. The van der Waals surface area contributed by atoms with Crippen LogP contribution in [0.2, 0.25) is 0 Å². The molecule has 1 aliphatic rings. The van der Waals surface area contributed by atoms with E-state index in [-0.39, 0.29) is 0 Å². The van der Waals surface area contributed by atoms with E-state index < -0.39 is 0 Å². The summed E-state index contributed by atoms with van der Waals surface area (Å²) in [6, 6.07) is 51.2. The average Bonchev–Trinajstić information content (AvgIpc) is 3.64. The maximum Gasteiger partial charge on any atom is 0.235 e. The Morgan fingerprint density at radius 3 is 2.04 bits per heavy atom. The molecule has 0 unspecified atom stereocenters. The molecule has 7 aromatic carbocycles. The summed E-state index contributed by atoms with van der Waals surface area (Å²) in [6.45, 7) is 0. The van der Waals surface area contributed by atoms with Crippen molar-refractivity contribution >= 4 is 65.3 Å². The minimum atomic E-state index is 0.640. The predicted molar refractivity (Wildman–Crippen MR) is 191 cm³/mol. The van der Waals surface area contributed by atoms with Crippen molar-refractivity contribution in [2.24, 2.45) is 0 Å². The van der Waals surface area contributed by atoms with Crippen LogP contribution >= 0.6 is 0 Å². The van der Waals surface area contributed by atoms with Gasteiger partial charge in [0.15, 0.2) is 0 Å². The molecule has 0 bridgehead atoms. The molecule has 4 heterocycles. The Hall–Kier alpha value is -6.46. The number of hydrogen-bond donors (Lipinski definition) is 0. The highest BCUT2D eigenvalue weighted by atomic mass is 16.5. The fourth-order valence-corrected chi connectivity index (χ4v) is 7.70. The van der Waals surface area contributed by atoms with E-state index in [1.807, 2.05) is 12.1 Å². The largest absolute Gasteiger partial charge is 0.456 e. The van der Waals surface area contributed by atoms with Gasteiger partial charge >= 0.3 is 0 Å². The number of aromatic nitrogens is 4. The van der Waals surface area contributed by atoms with Gasteiger partial charge in [0.25, 0.3) is 0 Å². The summed E-state index contributed by atoms with van der Waals surface area (Å²) in [5.74, 6) is 2.23. The molecular formula is C42H24N4O. The maximum atomic E-state index is 6.49. The van der Waals surface area contributed by atoms with Crippen LogP contribution in [0.1, 0.15) is 0 Å². The second-order valence-electron chi connectivity index (χ2n) is 12.2. The van der Waals surface area contributed by atoms with Gasteiger partial charge in [-0.05, 0) is 65.4 Å². The van der Waals surface area contributed by atoms with Crippen molar-refractivity contribution in [1.82, 2.24) is 19.1 Å². The number of ether oxygens (including phenoxy) is 1. The van der Waals surface area contributed by atoms with E-state index in [1.165, 1.54) is 21.5 Å². The zero-order chi connectivity index (χ0) is 30.6. The molecule has 5 heteroatoms. The molecule has 0 radical (unpaired) electrons. The van der Waals surface area contributed by atoms with Crippen LogP contribution in [0.3, 0.4) is 0 Å². The van der Waals surface area contributed by atoms with E-state index in [0.29, 0.717) is 5.95 Å². The minimum Gasteiger partial charge on any atom is -0.456 e. The zero-order valence-electron chi connectivity index (χ0n) is 25.1. The Morgan fingerprint density at radius 2 is 1.19 bits per heavy atom. The van der Waals surface area contributed by atoms with E-state index in [0.717, 1.165) is 72.2 Å². The van der Waals surface area contributed by atoms with E-state index in [2.05, 4.69) is 143 Å². The summed E-state index contributed by atoms with van der Waals surface area (Å²) in [6.07, 6.45) is 0. The summed E-state index contributed by atoms with van der Waals surface area (Å²) in [7, 11) is 0. The molecule has 0 saturated carbocycles. The molecule has 5 nitrogen and oxygen atoms in total. The van der Waals surface area contributed by atoms with Crippen LogP contribution in [0.4, 0.5) is 0 Å². The molecule has 0 atom stereocenters. The smallest absolute Gasteiger partial charge is 0.235 e. The summed E-state index contributed by atoms with van der Waals surface area (Å²) >= 11 is 0. The summed E-state index contributed by atoms with van der Waals surface area (Å²) in [4.78, 5) is 10.7. The molecule has 0 amide bonds. The maximum absolute atomic E-state index is 6.49. The van der Waals surface area contributed by atoms with E-state index in [4.69, 9.17) is 14.7 Å². The van der Waals surface area contributed by atoms with Gasteiger partial charge in [-0.25, -0.2) is 9.97 Å². The summed E-state index contributed by atoms with van der Waals surface area (Å²) in [5.41, 5.74) is 8.32. The van der Waals surface area contributed by atoms with E-state index in [9.17, 15) is 0 Å². The molecular weight excluding hydrogens is 576 g/mol. The highest BCUT2D eigenvalue weighted by molar-refractivity contribution is 6.26. The lowest BCUT2D eigenvalue weighted by molar-refractivity contribution is 0.487. The standard InChI is InChI=1S/C42H24N4O/c1-2-13-27(14-3-1)45-34-19-9-7-16-30(34)38-35(45)22-21-29-28-15-6-8-18-33(28)46(41(29)38)42-43-32-17-10-20-36-39(32)40(44-42)31-23-25-11-4-5-12-26(25)24-37(31)47-36/h1-24H. The van der Waals surface area contributed by atoms with Gasteiger partial charge in [0, 0.05) is 32.8 Å². The molecule has 10 aromatic rings. The van der Waals surface area contributed by atoms with Crippen molar-refractivity contribution < 1.29 is 4.74 Å². The van der Waals surface area contributed by atoms with Gasteiger partial charge in [0.05, 0.1) is 38.7 Å². The Morgan fingerprint density at radius 1 is 0.468 bits per heavy atom. The van der Waals surface area contributed by atoms with Gasteiger partial charge in [0.2, 0.25) is 5.95 Å². The van der Waals surface area contributed by atoms with Crippen molar-refractivity contribution in [3.63, 3.8) is 0 Å². The lowest BCUT2D eigenvalue weighted by Gasteiger charge is -2.22. The second kappa shape index (κ2) is 9.05. The molecule has 218 valence electrons. The SMILES string of the molecule is c1ccc(-n2c3ccccc3c3c2ccc2c4ccccc4n(-c4nc5c6c(cccc6n4)Oc4cc6ccccc6cc4-5)c23)cc1. The number of benzene rings is 7. The van der Waals surface area contributed by atoms with Gasteiger partial charge in [0.1, 0.15) is 11.5 Å². The third-order valence-electron chi connectivity index (χ3n) is 9.68. The lowest BCUT2D eigenvalue weighted by Crippen LogP contribution is -2.06. The zero-order valence-corrected chi connectivity index (χ0v) is 25.1. The van der Waals surface area contributed by atoms with Crippen molar-refractivity contribution in [3.05, 3.63) is 146 Å². The fraction of sp³-hybridized carbons (Fsp3) is 0. The first kappa shape index (κ1) is 24.8. The predicted octanol–water partition coefficient (Wildman–Crippen LogP) is 10.7. The number of rotatable bonds is 2. The monoisotopic (exact) mass is 600 g/mol. The van der Waals surface area contributed by atoms with E-state index >= 15 is 0 Å². The van der Waals surface area contributed by atoms with Crippen LogP contribution in [0.15, 0.2) is 146 Å². The lowest BCUT2D eigenvalue weighted by atomic mass is 9.98. The molecule has 0 saturated heterocycles. The molecule has 1 aliphatic heterocycles. The topological polar surface area (TPSA) is 44.9 Å². The highest BCUT2D eigenvalue weighted by Gasteiger charge is 2.26. The van der Waals surface area contributed by atoms with Crippen LogP contribution < -0.4 is 4.74 Å². The molecule has 0 spiro atoms. The second-order valence-corrected chi connectivity index (χ2v) is 12.2. The Balaban J connectivity index is 1.31.